The number of rotatable bonds is 5. The summed E-state index contributed by atoms with van der Waals surface area (Å²) in [6.07, 6.45) is -0.369. The fourth-order valence-corrected chi connectivity index (χ4v) is 6.81. The van der Waals surface area contributed by atoms with Gasteiger partial charge >= 0.3 is 0 Å². The van der Waals surface area contributed by atoms with Gasteiger partial charge in [0.15, 0.2) is 0 Å². The molecule has 0 amide bonds. The van der Waals surface area contributed by atoms with Crippen molar-refractivity contribution in [3.63, 3.8) is 0 Å². The molecular weight excluding hydrogens is 409 g/mol. The van der Waals surface area contributed by atoms with E-state index in [0.29, 0.717) is 5.56 Å². The Morgan fingerprint density at radius 2 is 1.39 bits per heavy atom. The van der Waals surface area contributed by atoms with E-state index in [1.165, 1.54) is 37.2 Å². The van der Waals surface area contributed by atoms with Crippen LogP contribution in [-0.4, -0.2) is 81.2 Å². The maximum atomic E-state index is 13.0. The van der Waals surface area contributed by atoms with Gasteiger partial charge in [-0.05, 0) is 31.5 Å². The molecule has 1 aromatic carbocycles. The van der Waals surface area contributed by atoms with Gasteiger partial charge in [-0.15, -0.1) is 0 Å². The van der Waals surface area contributed by atoms with Crippen LogP contribution in [0.25, 0.3) is 0 Å². The molecule has 8 nitrogen and oxygen atoms in total. The molecule has 2 fully saturated rings. The molecule has 1 aromatic rings. The highest BCUT2D eigenvalue weighted by Gasteiger charge is 2.38. The molecule has 2 aliphatic heterocycles. The van der Waals surface area contributed by atoms with Gasteiger partial charge in [0.2, 0.25) is 10.0 Å². The minimum Gasteiger partial charge on any atom is -0.373 e. The number of morpholine rings is 1. The van der Waals surface area contributed by atoms with Crippen LogP contribution in [-0.2, 0) is 30.7 Å². The van der Waals surface area contributed by atoms with Crippen molar-refractivity contribution in [2.24, 2.45) is 0 Å². The van der Waals surface area contributed by atoms with Crippen LogP contribution in [0.4, 0.5) is 4.39 Å². The zero-order valence-corrected chi connectivity index (χ0v) is 17.6. The van der Waals surface area contributed by atoms with E-state index in [0.717, 1.165) is 0 Å². The molecule has 158 valence electrons. The molecule has 0 radical (unpaired) electrons. The lowest BCUT2D eigenvalue weighted by Gasteiger charge is -2.40. The van der Waals surface area contributed by atoms with Crippen LogP contribution in [0.3, 0.4) is 0 Å². The van der Waals surface area contributed by atoms with Crippen molar-refractivity contribution in [1.82, 2.24) is 12.9 Å². The molecular formula is C17H26FN3O5S2. The van der Waals surface area contributed by atoms with Crippen molar-refractivity contribution in [2.45, 2.75) is 31.8 Å². The van der Waals surface area contributed by atoms with Gasteiger partial charge < -0.3 is 4.74 Å². The summed E-state index contributed by atoms with van der Waals surface area (Å²) >= 11 is 0. The van der Waals surface area contributed by atoms with E-state index in [1.807, 2.05) is 13.8 Å². The van der Waals surface area contributed by atoms with E-state index in [4.69, 9.17) is 4.74 Å². The molecule has 3 rings (SSSR count). The van der Waals surface area contributed by atoms with E-state index in [-0.39, 0.29) is 57.2 Å². The molecule has 2 aliphatic rings. The number of nitrogens with zero attached hydrogens (tertiary/aromatic N) is 3. The first-order valence-corrected chi connectivity index (χ1v) is 12.2. The lowest BCUT2D eigenvalue weighted by molar-refractivity contribution is -0.0456. The van der Waals surface area contributed by atoms with Crippen molar-refractivity contribution >= 4 is 20.2 Å². The van der Waals surface area contributed by atoms with Gasteiger partial charge in [-0.25, -0.2) is 12.8 Å². The Morgan fingerprint density at radius 1 is 0.893 bits per heavy atom. The predicted octanol–water partition coefficient (Wildman–Crippen LogP) is 0.627. The SMILES string of the molecule is CC1CN(S(=O)(=O)N2CCN(S(=O)(=O)Cc3ccc(F)cc3)CC2)CC(C)O1. The van der Waals surface area contributed by atoms with E-state index >= 15 is 0 Å². The topological polar surface area (TPSA) is 87.2 Å². The minimum absolute atomic E-state index is 0.0954. The van der Waals surface area contributed by atoms with Gasteiger partial charge in [-0.2, -0.15) is 21.3 Å². The third-order valence-corrected chi connectivity index (χ3v) is 8.71. The maximum Gasteiger partial charge on any atom is 0.282 e. The molecule has 0 N–H and O–H groups in total. The fraction of sp³-hybridized carbons (Fsp3) is 0.647. The van der Waals surface area contributed by atoms with E-state index in [1.54, 1.807) is 0 Å². The Labute approximate surface area is 166 Å². The molecule has 2 unspecified atom stereocenters. The number of benzene rings is 1. The number of hydrogen-bond acceptors (Lipinski definition) is 5. The second-order valence-electron chi connectivity index (χ2n) is 7.26. The summed E-state index contributed by atoms with van der Waals surface area (Å²) in [6.45, 7) is 4.63. The highest BCUT2D eigenvalue weighted by atomic mass is 32.2. The Bertz CT molecular complexity index is 874. The number of ether oxygens (including phenoxy) is 1. The first kappa shape index (κ1) is 21.6. The summed E-state index contributed by atoms with van der Waals surface area (Å²) < 4.78 is 73.7. The van der Waals surface area contributed by atoms with Gasteiger partial charge in [0.1, 0.15) is 5.82 Å². The zero-order valence-electron chi connectivity index (χ0n) is 16.0. The zero-order chi connectivity index (χ0) is 20.5. The van der Waals surface area contributed by atoms with Crippen LogP contribution in [0, 0.1) is 5.82 Å². The van der Waals surface area contributed by atoms with Crippen LogP contribution in [0.2, 0.25) is 0 Å². The summed E-state index contributed by atoms with van der Waals surface area (Å²) in [7, 11) is -7.26. The number of sulfonamides is 1. The van der Waals surface area contributed by atoms with Crippen molar-refractivity contribution in [3.05, 3.63) is 35.6 Å². The van der Waals surface area contributed by atoms with E-state index in [2.05, 4.69) is 0 Å². The maximum absolute atomic E-state index is 13.0. The molecule has 0 saturated carbocycles. The monoisotopic (exact) mass is 435 g/mol. The molecule has 2 heterocycles. The highest BCUT2D eigenvalue weighted by Crippen LogP contribution is 2.20. The van der Waals surface area contributed by atoms with E-state index in [9.17, 15) is 21.2 Å². The highest BCUT2D eigenvalue weighted by molar-refractivity contribution is 7.88. The molecule has 2 saturated heterocycles. The Balaban J connectivity index is 1.62. The van der Waals surface area contributed by atoms with Crippen LogP contribution in [0.1, 0.15) is 19.4 Å². The standard InChI is InChI=1S/C17H26FN3O5S2/c1-14-11-21(12-15(2)26-14)28(24,25)20-9-7-19(8-10-20)27(22,23)13-16-3-5-17(18)6-4-16/h3-6,14-15H,7-13H2,1-2H3. The van der Waals surface area contributed by atoms with Crippen molar-refractivity contribution in [3.8, 4) is 0 Å². The lowest BCUT2D eigenvalue weighted by Crippen LogP contribution is -2.57. The van der Waals surface area contributed by atoms with Crippen molar-refractivity contribution < 1.29 is 26.0 Å². The van der Waals surface area contributed by atoms with Crippen LogP contribution >= 0.6 is 0 Å². The van der Waals surface area contributed by atoms with Crippen LogP contribution in [0.15, 0.2) is 24.3 Å². The number of hydrogen-bond donors (Lipinski definition) is 0. The van der Waals surface area contributed by atoms with Crippen molar-refractivity contribution in [1.29, 1.82) is 0 Å². The fourth-order valence-electron chi connectivity index (χ4n) is 3.54. The summed E-state index contributed by atoms with van der Waals surface area (Å²) in [4.78, 5) is 0. The average Bonchev–Trinajstić information content (AvgIpc) is 2.63. The second kappa shape index (κ2) is 8.33. The minimum atomic E-state index is -3.66. The van der Waals surface area contributed by atoms with Crippen molar-refractivity contribution in [2.75, 3.05) is 39.3 Å². The molecule has 0 aromatic heterocycles. The summed E-state index contributed by atoms with van der Waals surface area (Å²) in [5, 5.41) is 0. The van der Waals surface area contributed by atoms with Crippen LogP contribution < -0.4 is 0 Å². The first-order chi connectivity index (χ1) is 13.1. The molecule has 28 heavy (non-hydrogen) atoms. The molecule has 0 aliphatic carbocycles. The lowest BCUT2D eigenvalue weighted by atomic mass is 10.2. The Morgan fingerprint density at radius 3 is 1.93 bits per heavy atom. The van der Waals surface area contributed by atoms with Crippen LogP contribution in [0.5, 0.6) is 0 Å². The number of halogens is 1. The van der Waals surface area contributed by atoms with Gasteiger partial charge in [-0.3, -0.25) is 0 Å². The predicted molar refractivity (Wildman–Crippen MR) is 103 cm³/mol. The normalized spacial score (nSPS) is 26.4. The average molecular weight is 436 g/mol. The Hall–Kier alpha value is -1.11. The number of piperazine rings is 1. The first-order valence-electron chi connectivity index (χ1n) is 9.21. The summed E-state index contributed by atoms with van der Waals surface area (Å²) in [6, 6.07) is 5.32. The third-order valence-electron chi connectivity index (χ3n) is 4.89. The second-order valence-corrected chi connectivity index (χ2v) is 11.2. The quantitative estimate of drug-likeness (QED) is 0.677. The smallest absolute Gasteiger partial charge is 0.282 e. The van der Waals surface area contributed by atoms with Gasteiger partial charge in [0, 0.05) is 39.3 Å². The molecule has 0 spiro atoms. The molecule has 11 heteroatoms. The third kappa shape index (κ3) is 4.89. The van der Waals surface area contributed by atoms with Gasteiger partial charge in [0.25, 0.3) is 10.2 Å². The molecule has 0 bridgehead atoms. The summed E-state index contributed by atoms with van der Waals surface area (Å²) in [5.74, 6) is -0.662. The van der Waals surface area contributed by atoms with Gasteiger partial charge in [-0.1, -0.05) is 12.1 Å². The summed E-state index contributed by atoms with van der Waals surface area (Å²) in [5.41, 5.74) is 0.493. The Kier molecular flexibility index (Phi) is 6.42. The molecule has 2 atom stereocenters. The van der Waals surface area contributed by atoms with E-state index < -0.39 is 26.0 Å². The largest absolute Gasteiger partial charge is 0.373 e. The van der Waals surface area contributed by atoms with Gasteiger partial charge in [0.05, 0.1) is 18.0 Å².